The van der Waals surface area contributed by atoms with Gasteiger partial charge in [-0.1, -0.05) is 6.07 Å². The molecule has 0 amide bonds. The molecular weight excluding hydrogens is 349 g/mol. The fourth-order valence-corrected chi connectivity index (χ4v) is 3.25. The molecule has 27 heavy (non-hydrogen) atoms. The number of halogens is 1. The summed E-state index contributed by atoms with van der Waals surface area (Å²) < 4.78 is 18.9. The fourth-order valence-electron chi connectivity index (χ4n) is 3.25. The lowest BCUT2D eigenvalue weighted by molar-refractivity contribution is 0.240. The Hall–Kier alpha value is -3.13. The van der Waals surface area contributed by atoms with Crippen molar-refractivity contribution in [3.05, 3.63) is 69.9 Å². The molecule has 0 unspecified atom stereocenters. The van der Waals surface area contributed by atoms with Crippen LogP contribution >= 0.6 is 0 Å². The molecule has 0 spiro atoms. The first-order chi connectivity index (χ1) is 13.1. The fraction of sp³-hybridized carbons (Fsp3) is 0.263. The van der Waals surface area contributed by atoms with Crippen LogP contribution in [0, 0.1) is 5.82 Å². The second-order valence-corrected chi connectivity index (χ2v) is 6.40. The second-order valence-electron chi connectivity index (χ2n) is 6.40. The Labute approximate surface area is 154 Å². The van der Waals surface area contributed by atoms with Crippen molar-refractivity contribution in [3.63, 3.8) is 0 Å². The predicted molar refractivity (Wildman–Crippen MR) is 96.7 cm³/mol. The molecule has 0 atom stereocenters. The largest absolute Gasteiger partial charge is 0.494 e. The zero-order valence-electron chi connectivity index (χ0n) is 14.8. The van der Waals surface area contributed by atoms with Gasteiger partial charge < -0.3 is 9.72 Å². The highest BCUT2D eigenvalue weighted by molar-refractivity contribution is 5.52. The number of benzene rings is 1. The van der Waals surface area contributed by atoms with Gasteiger partial charge in [-0.2, -0.15) is 0 Å². The average Bonchev–Trinajstić information content (AvgIpc) is 2.68. The SMILES string of the molecule is COc1ccc(CN2CCc3c(nc(-c4cncnc4)[nH]c3=O)C2)cc1F. The maximum atomic E-state index is 13.9. The van der Waals surface area contributed by atoms with Gasteiger partial charge in [-0.15, -0.1) is 0 Å². The maximum Gasteiger partial charge on any atom is 0.254 e. The molecule has 1 aliphatic rings. The van der Waals surface area contributed by atoms with Gasteiger partial charge >= 0.3 is 0 Å². The van der Waals surface area contributed by atoms with Gasteiger partial charge in [0.05, 0.1) is 18.4 Å². The van der Waals surface area contributed by atoms with Crippen LogP contribution in [0.25, 0.3) is 11.4 Å². The van der Waals surface area contributed by atoms with Crippen LogP contribution in [0.3, 0.4) is 0 Å². The van der Waals surface area contributed by atoms with Gasteiger partial charge in [-0.25, -0.2) is 19.3 Å². The molecule has 1 aromatic carbocycles. The summed E-state index contributed by atoms with van der Waals surface area (Å²) in [5, 5.41) is 0. The summed E-state index contributed by atoms with van der Waals surface area (Å²) in [4.78, 5) is 29.9. The Kier molecular flexibility index (Phi) is 4.64. The van der Waals surface area contributed by atoms with Crippen molar-refractivity contribution in [3.8, 4) is 17.1 Å². The third-order valence-corrected chi connectivity index (χ3v) is 4.61. The quantitative estimate of drug-likeness (QED) is 0.759. The monoisotopic (exact) mass is 367 g/mol. The minimum Gasteiger partial charge on any atom is -0.494 e. The number of aromatic nitrogens is 4. The summed E-state index contributed by atoms with van der Waals surface area (Å²) in [5.74, 6) is 0.302. The van der Waals surface area contributed by atoms with E-state index in [1.54, 1.807) is 18.5 Å². The van der Waals surface area contributed by atoms with Gasteiger partial charge in [0.25, 0.3) is 5.56 Å². The van der Waals surface area contributed by atoms with E-state index < -0.39 is 0 Å². The molecule has 0 saturated carbocycles. The number of hydrogen-bond acceptors (Lipinski definition) is 6. The Morgan fingerprint density at radius 1 is 1.30 bits per heavy atom. The Morgan fingerprint density at radius 3 is 2.85 bits per heavy atom. The molecular formula is C19H18FN5O2. The van der Waals surface area contributed by atoms with Crippen molar-refractivity contribution < 1.29 is 9.13 Å². The first kappa shape index (κ1) is 17.3. The number of rotatable bonds is 4. The summed E-state index contributed by atoms with van der Waals surface area (Å²) >= 11 is 0. The van der Waals surface area contributed by atoms with Gasteiger partial charge in [-0.05, 0) is 24.1 Å². The molecule has 8 heteroatoms. The Morgan fingerprint density at radius 2 is 2.11 bits per heavy atom. The number of hydrogen-bond donors (Lipinski definition) is 1. The van der Waals surface area contributed by atoms with E-state index in [1.807, 2.05) is 6.07 Å². The lowest BCUT2D eigenvalue weighted by Gasteiger charge is -2.27. The van der Waals surface area contributed by atoms with E-state index in [9.17, 15) is 9.18 Å². The maximum absolute atomic E-state index is 13.9. The van der Waals surface area contributed by atoms with Crippen LogP contribution in [0.4, 0.5) is 4.39 Å². The number of fused-ring (bicyclic) bond motifs is 1. The normalized spacial score (nSPS) is 14.0. The van der Waals surface area contributed by atoms with E-state index in [0.29, 0.717) is 43.0 Å². The van der Waals surface area contributed by atoms with E-state index in [1.165, 1.54) is 19.5 Å². The molecule has 0 radical (unpaired) electrons. The molecule has 2 aromatic heterocycles. The van der Waals surface area contributed by atoms with Crippen molar-refractivity contribution in [2.24, 2.45) is 0 Å². The predicted octanol–water partition coefficient (Wildman–Crippen LogP) is 1.93. The van der Waals surface area contributed by atoms with Crippen molar-refractivity contribution in [1.29, 1.82) is 0 Å². The van der Waals surface area contributed by atoms with Crippen molar-refractivity contribution >= 4 is 0 Å². The molecule has 1 aliphatic heterocycles. The summed E-state index contributed by atoms with van der Waals surface area (Å²) in [7, 11) is 1.44. The lowest BCUT2D eigenvalue weighted by atomic mass is 10.1. The molecule has 4 rings (SSSR count). The van der Waals surface area contributed by atoms with Crippen LogP contribution in [0.1, 0.15) is 16.8 Å². The number of H-pyrrole nitrogens is 1. The minimum absolute atomic E-state index is 0.131. The van der Waals surface area contributed by atoms with Gasteiger partial charge in [0.15, 0.2) is 11.6 Å². The molecule has 7 nitrogen and oxygen atoms in total. The number of aromatic amines is 1. The summed E-state index contributed by atoms with van der Waals surface area (Å²) in [5.41, 5.74) is 2.81. The zero-order valence-corrected chi connectivity index (χ0v) is 14.8. The lowest BCUT2D eigenvalue weighted by Crippen LogP contribution is -2.35. The highest BCUT2D eigenvalue weighted by atomic mass is 19.1. The average molecular weight is 367 g/mol. The van der Waals surface area contributed by atoms with Crippen LogP contribution < -0.4 is 10.3 Å². The number of ether oxygens (including phenoxy) is 1. The minimum atomic E-state index is -0.381. The first-order valence-electron chi connectivity index (χ1n) is 8.56. The number of nitrogens with zero attached hydrogens (tertiary/aromatic N) is 4. The van der Waals surface area contributed by atoms with Crippen molar-refractivity contribution in [2.75, 3.05) is 13.7 Å². The summed E-state index contributed by atoms with van der Waals surface area (Å²) in [6, 6.07) is 4.95. The highest BCUT2D eigenvalue weighted by Gasteiger charge is 2.22. The molecule has 1 N–H and O–H groups in total. The van der Waals surface area contributed by atoms with Gasteiger partial charge in [-0.3, -0.25) is 9.69 Å². The standard InChI is InChI=1S/C19H18FN5O2/c1-27-17-3-2-12(6-15(17)20)9-25-5-4-14-16(10-25)23-18(24-19(14)26)13-7-21-11-22-8-13/h2-3,6-8,11H,4-5,9-10H2,1H3,(H,23,24,26). The molecule has 0 fully saturated rings. The van der Waals surface area contributed by atoms with E-state index in [-0.39, 0.29) is 17.1 Å². The van der Waals surface area contributed by atoms with Crippen LogP contribution in [0.15, 0.2) is 41.7 Å². The molecule has 0 aliphatic carbocycles. The van der Waals surface area contributed by atoms with E-state index >= 15 is 0 Å². The summed E-state index contributed by atoms with van der Waals surface area (Å²) in [6.45, 7) is 1.80. The molecule has 0 saturated heterocycles. The van der Waals surface area contributed by atoms with Crippen LogP contribution in [0.2, 0.25) is 0 Å². The van der Waals surface area contributed by atoms with E-state index in [2.05, 4.69) is 24.8 Å². The van der Waals surface area contributed by atoms with Crippen molar-refractivity contribution in [1.82, 2.24) is 24.8 Å². The molecule has 3 aromatic rings. The van der Waals surface area contributed by atoms with E-state index in [4.69, 9.17) is 4.74 Å². The first-order valence-corrected chi connectivity index (χ1v) is 8.56. The van der Waals surface area contributed by atoms with Gasteiger partial charge in [0.1, 0.15) is 12.2 Å². The summed E-state index contributed by atoms with van der Waals surface area (Å²) in [6.07, 6.45) is 5.24. The van der Waals surface area contributed by atoms with Crippen LogP contribution in [0.5, 0.6) is 5.75 Å². The Balaban J connectivity index is 1.58. The second kappa shape index (κ2) is 7.24. The number of nitrogens with one attached hydrogen (secondary N) is 1. The van der Waals surface area contributed by atoms with Crippen LogP contribution in [-0.4, -0.2) is 38.5 Å². The zero-order chi connectivity index (χ0) is 18.8. The Bertz CT molecular complexity index is 1020. The molecule has 0 bridgehead atoms. The van der Waals surface area contributed by atoms with Crippen molar-refractivity contribution in [2.45, 2.75) is 19.5 Å². The number of methoxy groups -OCH3 is 1. The highest BCUT2D eigenvalue weighted by Crippen LogP contribution is 2.22. The van der Waals surface area contributed by atoms with Gasteiger partial charge in [0, 0.05) is 37.6 Å². The van der Waals surface area contributed by atoms with Gasteiger partial charge in [0.2, 0.25) is 0 Å². The molecule has 3 heterocycles. The topological polar surface area (TPSA) is 84.0 Å². The van der Waals surface area contributed by atoms with Crippen LogP contribution in [-0.2, 0) is 19.5 Å². The van der Waals surface area contributed by atoms with E-state index in [0.717, 1.165) is 11.3 Å². The smallest absolute Gasteiger partial charge is 0.254 e. The molecule has 138 valence electrons. The third kappa shape index (κ3) is 3.56. The third-order valence-electron chi connectivity index (χ3n) is 4.61.